The van der Waals surface area contributed by atoms with Gasteiger partial charge >= 0.3 is 12.2 Å². The van der Waals surface area contributed by atoms with Crippen molar-refractivity contribution in [1.29, 1.82) is 0 Å². The van der Waals surface area contributed by atoms with Crippen LogP contribution < -0.4 is 16.1 Å². The second-order valence-electron chi connectivity index (χ2n) is 11.8. The van der Waals surface area contributed by atoms with Crippen LogP contribution in [0.25, 0.3) is 0 Å². The zero-order valence-electron chi connectivity index (χ0n) is 26.7. The third-order valence-electron chi connectivity index (χ3n) is 8.42. The van der Waals surface area contributed by atoms with Crippen molar-refractivity contribution in [1.82, 2.24) is 21.1 Å². The van der Waals surface area contributed by atoms with Crippen LogP contribution in [0.15, 0.2) is 121 Å². The number of nitrogens with zero attached hydrogens (tertiary/aromatic N) is 1. The summed E-state index contributed by atoms with van der Waals surface area (Å²) in [6.07, 6.45) is -0.0777. The molecule has 10 nitrogen and oxygen atoms in total. The fraction of sp³-hybridized carbons (Fsp3) is 0.263. The van der Waals surface area contributed by atoms with E-state index in [-0.39, 0.29) is 12.8 Å². The summed E-state index contributed by atoms with van der Waals surface area (Å²) in [6.45, 7) is 0.303. The number of carbonyl (C=O) groups is 4. The number of aldehydes is 2. The molecular formula is C38H42N4O6. The Balaban J connectivity index is 1.82. The van der Waals surface area contributed by atoms with Crippen LogP contribution in [-0.4, -0.2) is 64.3 Å². The summed E-state index contributed by atoms with van der Waals surface area (Å²) in [4.78, 5) is 50.3. The molecule has 0 aliphatic heterocycles. The lowest BCUT2D eigenvalue weighted by atomic mass is 9.78. The lowest BCUT2D eigenvalue weighted by molar-refractivity contribution is -0.122. The Bertz CT molecular complexity index is 1580. The standard InChI is InChI=1S/C38H42N4O6/c43-27-34(24-30-15-7-2-8-16-30)39-22-21-33(23-29-13-5-1-6-14-29)38(40-36(45)46,26-32-19-11-4-12-20-32)42(41-37(47)48)35(28-44)25-31-17-9-3-10-18-31/h1-20,27-28,33-35,39-41H,21-26H2,(H,45,46)(H,47,48)/t33-,34?,35+,38?/m1/s1. The predicted octanol–water partition coefficient (Wildman–Crippen LogP) is 5.14. The molecule has 0 aliphatic carbocycles. The van der Waals surface area contributed by atoms with Crippen LogP contribution in [0.2, 0.25) is 0 Å². The monoisotopic (exact) mass is 650 g/mol. The molecule has 0 saturated carbocycles. The number of benzene rings is 4. The number of rotatable bonds is 19. The van der Waals surface area contributed by atoms with Crippen molar-refractivity contribution < 1.29 is 29.4 Å². The van der Waals surface area contributed by atoms with Gasteiger partial charge in [-0.25, -0.2) is 9.59 Å². The largest absolute Gasteiger partial charge is 0.465 e. The van der Waals surface area contributed by atoms with Crippen molar-refractivity contribution in [2.45, 2.75) is 49.9 Å². The number of amides is 2. The summed E-state index contributed by atoms with van der Waals surface area (Å²) < 4.78 is 0. The van der Waals surface area contributed by atoms with E-state index in [0.717, 1.165) is 28.5 Å². The van der Waals surface area contributed by atoms with Gasteiger partial charge < -0.3 is 30.4 Å². The van der Waals surface area contributed by atoms with Gasteiger partial charge in [0, 0.05) is 12.3 Å². The van der Waals surface area contributed by atoms with Crippen LogP contribution in [-0.2, 0) is 35.3 Å². The summed E-state index contributed by atoms with van der Waals surface area (Å²) in [5.74, 6) is -0.613. The van der Waals surface area contributed by atoms with Crippen molar-refractivity contribution in [3.63, 3.8) is 0 Å². The molecule has 0 radical (unpaired) electrons. The summed E-state index contributed by atoms with van der Waals surface area (Å²) >= 11 is 0. The Morgan fingerprint density at radius 3 is 1.58 bits per heavy atom. The minimum absolute atomic E-state index is 0.0260. The first-order valence-electron chi connectivity index (χ1n) is 15.9. The Labute approximate surface area is 280 Å². The Morgan fingerprint density at radius 2 is 1.12 bits per heavy atom. The van der Waals surface area contributed by atoms with Gasteiger partial charge in [0.2, 0.25) is 0 Å². The van der Waals surface area contributed by atoms with Gasteiger partial charge in [0.05, 0.1) is 12.1 Å². The summed E-state index contributed by atoms with van der Waals surface area (Å²) in [6, 6.07) is 35.8. The number of hydrogen-bond donors (Lipinski definition) is 5. The topological polar surface area (TPSA) is 148 Å². The maximum atomic E-state index is 12.9. The zero-order valence-corrected chi connectivity index (χ0v) is 26.7. The smallest absolute Gasteiger partial charge is 0.419 e. The zero-order chi connectivity index (χ0) is 34.2. The minimum atomic E-state index is -1.67. The van der Waals surface area contributed by atoms with Gasteiger partial charge in [-0.3, -0.25) is 5.43 Å². The second kappa shape index (κ2) is 18.1. The molecule has 4 rings (SSSR count). The number of hydrazine groups is 1. The van der Waals surface area contributed by atoms with E-state index in [2.05, 4.69) is 16.1 Å². The van der Waals surface area contributed by atoms with E-state index in [1.807, 2.05) is 121 Å². The van der Waals surface area contributed by atoms with Gasteiger partial charge in [-0.15, -0.1) is 0 Å². The predicted molar refractivity (Wildman–Crippen MR) is 183 cm³/mol. The van der Waals surface area contributed by atoms with Crippen molar-refractivity contribution >= 4 is 24.8 Å². The number of nitrogens with one attached hydrogen (secondary N) is 3. The van der Waals surface area contributed by atoms with E-state index in [4.69, 9.17) is 0 Å². The molecule has 4 atom stereocenters. The lowest BCUT2D eigenvalue weighted by Gasteiger charge is -2.50. The Kier molecular flexibility index (Phi) is 13.4. The number of carbonyl (C=O) groups excluding carboxylic acids is 2. The molecule has 2 amide bonds. The molecule has 0 bridgehead atoms. The number of hydrogen-bond acceptors (Lipinski definition) is 6. The van der Waals surface area contributed by atoms with E-state index in [9.17, 15) is 29.4 Å². The molecule has 0 aliphatic rings. The van der Waals surface area contributed by atoms with Crippen LogP contribution in [0.1, 0.15) is 28.7 Å². The molecule has 48 heavy (non-hydrogen) atoms. The second-order valence-corrected chi connectivity index (χ2v) is 11.8. The van der Waals surface area contributed by atoms with Gasteiger partial charge in [0.15, 0.2) is 0 Å². The highest BCUT2D eigenvalue weighted by Crippen LogP contribution is 2.34. The van der Waals surface area contributed by atoms with Crippen LogP contribution in [0, 0.1) is 5.92 Å². The summed E-state index contributed by atoms with van der Waals surface area (Å²) in [7, 11) is 0. The summed E-state index contributed by atoms with van der Waals surface area (Å²) in [5.41, 5.74) is 4.16. The van der Waals surface area contributed by atoms with Crippen molar-refractivity contribution in [2.75, 3.05) is 6.54 Å². The fourth-order valence-corrected chi connectivity index (χ4v) is 6.25. The highest BCUT2D eigenvalue weighted by Gasteiger charge is 2.49. The highest BCUT2D eigenvalue weighted by atomic mass is 16.4. The molecule has 0 saturated heterocycles. The van der Waals surface area contributed by atoms with E-state index in [0.29, 0.717) is 32.1 Å². The normalized spacial score (nSPS) is 14.2. The maximum absolute atomic E-state index is 12.9. The Hall–Kier alpha value is -5.32. The molecule has 4 aromatic rings. The van der Waals surface area contributed by atoms with Crippen molar-refractivity contribution in [2.24, 2.45) is 5.92 Å². The number of carboxylic acid groups (broad SMARTS) is 2. The molecule has 0 fully saturated rings. The van der Waals surface area contributed by atoms with Crippen LogP contribution in [0.4, 0.5) is 9.59 Å². The van der Waals surface area contributed by atoms with Gasteiger partial charge in [-0.05, 0) is 54.5 Å². The van der Waals surface area contributed by atoms with Gasteiger partial charge in [0.25, 0.3) is 0 Å². The molecular weight excluding hydrogens is 608 g/mol. The first kappa shape index (κ1) is 35.5. The first-order valence-corrected chi connectivity index (χ1v) is 15.9. The fourth-order valence-electron chi connectivity index (χ4n) is 6.25. The van der Waals surface area contributed by atoms with Gasteiger partial charge in [-0.1, -0.05) is 121 Å². The van der Waals surface area contributed by atoms with E-state index in [1.54, 1.807) is 0 Å². The van der Waals surface area contributed by atoms with Crippen LogP contribution in [0.3, 0.4) is 0 Å². The maximum Gasteiger partial charge on any atom is 0.419 e. The molecule has 2 unspecified atom stereocenters. The van der Waals surface area contributed by atoms with Crippen molar-refractivity contribution in [3.8, 4) is 0 Å². The third-order valence-corrected chi connectivity index (χ3v) is 8.42. The third kappa shape index (κ3) is 10.3. The molecule has 0 spiro atoms. The van der Waals surface area contributed by atoms with Gasteiger partial charge in [0.1, 0.15) is 18.2 Å². The quantitative estimate of drug-likeness (QED) is 0.0533. The van der Waals surface area contributed by atoms with Crippen LogP contribution >= 0.6 is 0 Å². The van der Waals surface area contributed by atoms with Crippen molar-refractivity contribution in [3.05, 3.63) is 144 Å². The molecule has 10 heteroatoms. The lowest BCUT2D eigenvalue weighted by Crippen LogP contribution is -2.73. The molecule has 4 aromatic carbocycles. The average Bonchev–Trinajstić information content (AvgIpc) is 3.10. The van der Waals surface area contributed by atoms with E-state index >= 15 is 0 Å². The Morgan fingerprint density at radius 1 is 0.646 bits per heavy atom. The SMILES string of the molecule is O=CC(Cc1ccccc1)NCC[C@H](Cc1ccccc1)C(Cc1ccccc1)(NC(=O)O)N(NC(=O)O)[C@H](C=O)Cc1ccccc1. The first-order chi connectivity index (χ1) is 23.3. The molecule has 5 N–H and O–H groups in total. The van der Waals surface area contributed by atoms with E-state index < -0.39 is 35.9 Å². The molecule has 0 aromatic heterocycles. The molecule has 250 valence electrons. The summed E-state index contributed by atoms with van der Waals surface area (Å²) in [5, 5.41) is 27.9. The average molecular weight is 651 g/mol. The molecule has 0 heterocycles. The van der Waals surface area contributed by atoms with Gasteiger partial charge in [-0.2, -0.15) is 5.01 Å². The highest BCUT2D eigenvalue weighted by molar-refractivity contribution is 5.68. The minimum Gasteiger partial charge on any atom is -0.465 e. The van der Waals surface area contributed by atoms with Crippen LogP contribution in [0.5, 0.6) is 0 Å². The van der Waals surface area contributed by atoms with E-state index in [1.165, 1.54) is 5.01 Å².